The van der Waals surface area contributed by atoms with Gasteiger partial charge in [-0.15, -0.1) is 0 Å². The summed E-state index contributed by atoms with van der Waals surface area (Å²) in [7, 11) is -3.92. The number of halogens is 3. The summed E-state index contributed by atoms with van der Waals surface area (Å²) in [6.45, 7) is 3.13. The van der Waals surface area contributed by atoms with Gasteiger partial charge in [0.1, 0.15) is 5.75 Å². The molecular weight excluding hydrogens is 417 g/mol. The van der Waals surface area contributed by atoms with E-state index in [-0.39, 0.29) is 10.6 Å². The molecule has 0 bridgehead atoms. The van der Waals surface area contributed by atoms with E-state index in [1.54, 1.807) is 19.1 Å². The molecule has 30 heavy (non-hydrogen) atoms. The molecule has 0 spiro atoms. The van der Waals surface area contributed by atoms with Crippen LogP contribution < -0.4 is 10.2 Å². The molecule has 0 aromatic heterocycles. The molecule has 0 saturated carbocycles. The number of anilines is 2. The molecule has 5 nitrogen and oxygen atoms in total. The Balaban J connectivity index is 1.85. The Morgan fingerprint density at radius 2 is 1.67 bits per heavy atom. The molecule has 1 aliphatic heterocycles. The second-order valence-electron chi connectivity index (χ2n) is 7.40. The number of benzene rings is 2. The number of rotatable bonds is 5. The highest BCUT2D eigenvalue weighted by atomic mass is 32.2. The molecule has 1 saturated heterocycles. The van der Waals surface area contributed by atoms with Crippen LogP contribution in [0.4, 0.5) is 24.5 Å². The molecule has 2 aromatic rings. The van der Waals surface area contributed by atoms with Gasteiger partial charge in [0.25, 0.3) is 0 Å². The van der Waals surface area contributed by atoms with Crippen molar-refractivity contribution in [1.82, 2.24) is 0 Å². The fourth-order valence-corrected chi connectivity index (χ4v) is 4.55. The summed E-state index contributed by atoms with van der Waals surface area (Å²) in [5.74, 6) is -1.74. The third kappa shape index (κ3) is 5.33. The third-order valence-electron chi connectivity index (χ3n) is 5.00. The topological polar surface area (TPSA) is 66.5 Å². The van der Waals surface area contributed by atoms with Crippen molar-refractivity contribution in [3.8, 4) is 0 Å². The Labute approximate surface area is 173 Å². The van der Waals surface area contributed by atoms with Gasteiger partial charge in [-0.3, -0.25) is 4.79 Å². The Hall–Kier alpha value is -2.55. The predicted octanol–water partition coefficient (Wildman–Crippen LogP) is 4.42. The number of alkyl halides is 3. The highest BCUT2D eigenvalue weighted by molar-refractivity contribution is 7.92. The van der Waals surface area contributed by atoms with E-state index in [4.69, 9.17) is 0 Å². The smallest absolute Gasteiger partial charge is 0.370 e. The average Bonchev–Trinajstić information content (AvgIpc) is 2.68. The summed E-state index contributed by atoms with van der Waals surface area (Å²) in [5.41, 5.74) is 0.396. The van der Waals surface area contributed by atoms with Crippen LogP contribution in [-0.4, -0.2) is 33.2 Å². The number of nitrogens with one attached hydrogen (secondary N) is 1. The van der Waals surface area contributed by atoms with E-state index >= 15 is 0 Å². The number of hydrogen-bond donors (Lipinski definition) is 1. The summed E-state index contributed by atoms with van der Waals surface area (Å²) < 4.78 is 64.6. The van der Waals surface area contributed by atoms with Crippen molar-refractivity contribution < 1.29 is 26.4 Å². The highest BCUT2D eigenvalue weighted by Crippen LogP contribution is 2.36. The van der Waals surface area contributed by atoms with Gasteiger partial charge in [-0.25, -0.2) is 8.42 Å². The van der Waals surface area contributed by atoms with E-state index in [0.717, 1.165) is 37.0 Å². The summed E-state index contributed by atoms with van der Waals surface area (Å²) in [6, 6.07) is 9.21. The summed E-state index contributed by atoms with van der Waals surface area (Å²) >= 11 is 0. The van der Waals surface area contributed by atoms with Crippen molar-refractivity contribution in [3.63, 3.8) is 0 Å². The molecule has 1 N–H and O–H groups in total. The number of aryl methyl sites for hydroxylation is 1. The highest BCUT2D eigenvalue weighted by Gasteiger charge is 2.32. The molecule has 0 aliphatic carbocycles. The van der Waals surface area contributed by atoms with Crippen LogP contribution in [0.15, 0.2) is 47.4 Å². The quantitative estimate of drug-likeness (QED) is 0.748. The number of carbonyl (C=O) groups excluding carboxylic acids is 1. The van der Waals surface area contributed by atoms with Crippen LogP contribution in [0.2, 0.25) is 0 Å². The maximum absolute atomic E-state index is 13.2. The number of piperidine rings is 1. The van der Waals surface area contributed by atoms with Crippen LogP contribution in [0.25, 0.3) is 0 Å². The lowest BCUT2D eigenvalue weighted by Gasteiger charge is -2.31. The lowest BCUT2D eigenvalue weighted by atomic mass is 10.1. The number of hydrogen-bond acceptors (Lipinski definition) is 4. The molecule has 9 heteroatoms. The SMILES string of the molecule is Cc1ccc(S(=O)(=O)CC(=O)Nc2cc(C(F)(F)F)ccc2N2CCCCC2)cc1. The first-order valence-electron chi connectivity index (χ1n) is 9.62. The van der Waals surface area contributed by atoms with Gasteiger partial charge in [-0.1, -0.05) is 17.7 Å². The fourth-order valence-electron chi connectivity index (χ4n) is 3.41. The first kappa shape index (κ1) is 22.1. The van der Waals surface area contributed by atoms with Gasteiger partial charge in [0.2, 0.25) is 5.91 Å². The Bertz CT molecular complexity index is 1010. The number of amides is 1. The lowest BCUT2D eigenvalue weighted by molar-refractivity contribution is -0.137. The van der Waals surface area contributed by atoms with E-state index in [1.165, 1.54) is 18.2 Å². The molecule has 162 valence electrons. The van der Waals surface area contributed by atoms with Gasteiger partial charge >= 0.3 is 6.18 Å². The van der Waals surface area contributed by atoms with Crippen LogP contribution in [0.5, 0.6) is 0 Å². The second-order valence-corrected chi connectivity index (χ2v) is 9.39. The maximum atomic E-state index is 13.2. The zero-order valence-corrected chi connectivity index (χ0v) is 17.3. The molecule has 2 aromatic carbocycles. The lowest BCUT2D eigenvalue weighted by Crippen LogP contribution is -2.31. The van der Waals surface area contributed by atoms with Gasteiger partial charge < -0.3 is 10.2 Å². The van der Waals surface area contributed by atoms with Crippen LogP contribution >= 0.6 is 0 Å². The third-order valence-corrected chi connectivity index (χ3v) is 6.63. The summed E-state index contributed by atoms with van der Waals surface area (Å²) in [6.07, 6.45) is -1.74. The van der Waals surface area contributed by atoms with Crippen LogP contribution in [0.3, 0.4) is 0 Å². The first-order valence-corrected chi connectivity index (χ1v) is 11.3. The second kappa shape index (κ2) is 8.67. The van der Waals surface area contributed by atoms with Crippen molar-refractivity contribution in [2.24, 2.45) is 0 Å². The molecule has 1 heterocycles. The van der Waals surface area contributed by atoms with Gasteiger partial charge in [0, 0.05) is 13.1 Å². The summed E-state index contributed by atoms with van der Waals surface area (Å²) in [4.78, 5) is 14.4. The normalized spacial score (nSPS) is 15.1. The van der Waals surface area contributed by atoms with Gasteiger partial charge in [0.15, 0.2) is 9.84 Å². The van der Waals surface area contributed by atoms with E-state index in [1.807, 2.05) is 4.90 Å². The molecule has 0 unspecified atom stereocenters. The van der Waals surface area contributed by atoms with Gasteiger partial charge in [-0.2, -0.15) is 13.2 Å². The predicted molar refractivity (Wildman–Crippen MR) is 109 cm³/mol. The van der Waals surface area contributed by atoms with Gasteiger partial charge in [-0.05, 0) is 56.5 Å². The van der Waals surface area contributed by atoms with Crippen molar-refractivity contribution in [2.75, 3.05) is 29.1 Å². The minimum absolute atomic E-state index is 0.0106. The standard InChI is InChI=1S/C21H23F3N2O3S/c1-15-5-8-17(9-6-15)30(28,29)14-20(27)25-18-13-16(21(22,23)24)7-10-19(18)26-11-3-2-4-12-26/h5-10,13H,2-4,11-12,14H2,1H3,(H,25,27). The Morgan fingerprint density at radius 1 is 1.03 bits per heavy atom. The minimum Gasteiger partial charge on any atom is -0.370 e. The minimum atomic E-state index is -4.58. The number of carbonyl (C=O) groups is 1. The van der Waals surface area contributed by atoms with E-state index in [2.05, 4.69) is 5.32 Å². The van der Waals surface area contributed by atoms with Crippen LogP contribution in [0.1, 0.15) is 30.4 Å². The monoisotopic (exact) mass is 440 g/mol. The van der Waals surface area contributed by atoms with Crippen molar-refractivity contribution in [3.05, 3.63) is 53.6 Å². The number of nitrogens with zero attached hydrogens (tertiary/aromatic N) is 1. The molecule has 0 radical (unpaired) electrons. The molecule has 3 rings (SSSR count). The first-order chi connectivity index (χ1) is 14.1. The largest absolute Gasteiger partial charge is 0.416 e. The van der Waals surface area contributed by atoms with Crippen LogP contribution in [0, 0.1) is 6.92 Å². The van der Waals surface area contributed by atoms with Crippen molar-refractivity contribution in [1.29, 1.82) is 0 Å². The van der Waals surface area contributed by atoms with E-state index < -0.39 is 33.2 Å². The molecule has 1 fully saturated rings. The summed E-state index contributed by atoms with van der Waals surface area (Å²) in [5, 5.41) is 2.40. The van der Waals surface area contributed by atoms with Crippen LogP contribution in [-0.2, 0) is 20.8 Å². The Kier molecular flexibility index (Phi) is 6.40. The van der Waals surface area contributed by atoms with Gasteiger partial charge in [0.05, 0.1) is 21.8 Å². The molecule has 1 amide bonds. The van der Waals surface area contributed by atoms with E-state index in [0.29, 0.717) is 18.8 Å². The molecule has 0 atom stereocenters. The molecular formula is C21H23F3N2O3S. The molecule has 1 aliphatic rings. The fraction of sp³-hybridized carbons (Fsp3) is 0.381. The van der Waals surface area contributed by atoms with E-state index in [9.17, 15) is 26.4 Å². The zero-order valence-electron chi connectivity index (χ0n) is 16.5. The van der Waals surface area contributed by atoms with Crippen molar-refractivity contribution >= 4 is 27.1 Å². The zero-order chi connectivity index (χ0) is 21.9. The maximum Gasteiger partial charge on any atom is 0.416 e. The number of sulfone groups is 1. The average molecular weight is 440 g/mol. The van der Waals surface area contributed by atoms with Crippen molar-refractivity contribution in [2.45, 2.75) is 37.3 Å². The Morgan fingerprint density at radius 3 is 2.27 bits per heavy atom.